The largest absolute Gasteiger partial charge is 0.496 e. The van der Waals surface area contributed by atoms with Crippen molar-refractivity contribution >= 4 is 11.6 Å². The molecule has 0 fully saturated rings. The van der Waals surface area contributed by atoms with Gasteiger partial charge >= 0.3 is 5.69 Å². The van der Waals surface area contributed by atoms with Crippen LogP contribution in [0.4, 0.5) is 0 Å². The number of benzene rings is 2. The topological polar surface area (TPSA) is 98.2 Å². The predicted octanol–water partition coefficient (Wildman–Crippen LogP) is 3.02. The molecule has 0 aliphatic rings. The van der Waals surface area contributed by atoms with Gasteiger partial charge in [-0.3, -0.25) is 0 Å². The molecule has 33 heavy (non-hydrogen) atoms. The third kappa shape index (κ3) is 4.05. The second-order valence-corrected chi connectivity index (χ2v) is 7.68. The van der Waals surface area contributed by atoms with Crippen LogP contribution in [0.1, 0.15) is 17.0 Å². The average Bonchev–Trinajstić information content (AvgIpc) is 3.29. The summed E-state index contributed by atoms with van der Waals surface area (Å²) in [5.41, 5.74) is 3.19. The van der Waals surface area contributed by atoms with E-state index < -0.39 is 0 Å². The molecule has 0 atom stereocenters. The molecular weight excluding hydrogens is 448 g/mol. The molecule has 0 unspecified atom stereocenters. The molecular formula is C22H23ClN6O4. The van der Waals surface area contributed by atoms with Crippen LogP contribution >= 0.6 is 11.6 Å². The number of hydrogen-bond acceptors (Lipinski definition) is 7. The lowest BCUT2D eigenvalue weighted by Gasteiger charge is -2.15. The van der Waals surface area contributed by atoms with E-state index in [2.05, 4.69) is 15.5 Å². The minimum absolute atomic E-state index is 0.0924. The van der Waals surface area contributed by atoms with Crippen LogP contribution in [0.15, 0.2) is 41.2 Å². The summed E-state index contributed by atoms with van der Waals surface area (Å²) in [6.07, 6.45) is 0. The van der Waals surface area contributed by atoms with E-state index >= 15 is 0 Å². The Balaban J connectivity index is 1.64. The number of aromatic nitrogens is 6. The summed E-state index contributed by atoms with van der Waals surface area (Å²) in [5.74, 6) is 1.75. The molecule has 0 aliphatic heterocycles. The summed E-state index contributed by atoms with van der Waals surface area (Å²) in [6.45, 7) is 3.90. The fourth-order valence-corrected chi connectivity index (χ4v) is 3.85. The summed E-state index contributed by atoms with van der Waals surface area (Å²) in [4.78, 5) is 12.4. The number of tetrazole rings is 1. The Morgan fingerprint density at radius 2 is 1.79 bits per heavy atom. The molecule has 4 rings (SSSR count). The van der Waals surface area contributed by atoms with Gasteiger partial charge in [0.2, 0.25) is 0 Å². The summed E-state index contributed by atoms with van der Waals surface area (Å²) in [6, 6.07) is 10.7. The van der Waals surface area contributed by atoms with E-state index in [1.165, 1.54) is 11.7 Å². The lowest BCUT2D eigenvalue weighted by molar-refractivity contribution is 0.296. The Kier molecular flexibility index (Phi) is 6.10. The van der Waals surface area contributed by atoms with Crippen LogP contribution in [0.3, 0.4) is 0 Å². The molecule has 0 saturated heterocycles. The normalized spacial score (nSPS) is 11.0. The first-order valence-corrected chi connectivity index (χ1v) is 10.4. The van der Waals surface area contributed by atoms with Crippen molar-refractivity contribution in [2.75, 3.05) is 14.2 Å². The molecule has 0 radical (unpaired) electrons. The minimum atomic E-state index is -0.382. The first-order chi connectivity index (χ1) is 15.8. The van der Waals surface area contributed by atoms with Crippen LogP contribution in [0.5, 0.6) is 17.2 Å². The first kappa shape index (κ1) is 22.4. The van der Waals surface area contributed by atoms with Crippen molar-refractivity contribution in [1.82, 2.24) is 29.6 Å². The Morgan fingerprint density at radius 1 is 1.00 bits per heavy atom. The molecule has 0 spiro atoms. The fraction of sp³-hybridized carbons (Fsp3) is 0.273. The Morgan fingerprint density at radius 3 is 2.39 bits per heavy atom. The van der Waals surface area contributed by atoms with Gasteiger partial charge in [0.25, 0.3) is 0 Å². The third-order valence-electron chi connectivity index (χ3n) is 5.24. The second kappa shape index (κ2) is 8.99. The number of nitrogens with zero attached hydrogens (tertiary/aromatic N) is 6. The molecule has 11 heteroatoms. The lowest BCUT2D eigenvalue weighted by Crippen LogP contribution is -2.23. The molecule has 2 aromatic heterocycles. The zero-order valence-electron chi connectivity index (χ0n) is 18.9. The van der Waals surface area contributed by atoms with Crippen LogP contribution < -0.4 is 19.9 Å². The van der Waals surface area contributed by atoms with Crippen molar-refractivity contribution in [3.05, 3.63) is 68.9 Å². The molecule has 2 aromatic carbocycles. The van der Waals surface area contributed by atoms with Crippen LogP contribution in [0.2, 0.25) is 5.02 Å². The Labute approximate surface area is 194 Å². The lowest BCUT2D eigenvalue weighted by atomic mass is 10.1. The van der Waals surface area contributed by atoms with E-state index in [1.54, 1.807) is 49.2 Å². The van der Waals surface area contributed by atoms with Gasteiger partial charge in [0.05, 0.1) is 41.9 Å². The molecule has 0 amide bonds. The van der Waals surface area contributed by atoms with Crippen LogP contribution in [-0.4, -0.2) is 43.8 Å². The molecule has 172 valence electrons. The highest BCUT2D eigenvalue weighted by Crippen LogP contribution is 2.32. The van der Waals surface area contributed by atoms with Crippen LogP contribution in [0.25, 0.3) is 11.4 Å². The van der Waals surface area contributed by atoms with Crippen molar-refractivity contribution in [1.29, 1.82) is 0 Å². The number of methoxy groups -OCH3 is 2. The Hall–Kier alpha value is -3.79. The molecule has 0 N–H and O–H groups in total. The standard InChI is InChI=1S/C22H23ClN6O4/c1-13-21(32-5)14(2)28(24-13)15-9-10-20(17(23)11-15)33-12-16-18(7-6-8-19(16)31-4)29-22(30)27(3)25-26-29/h6-11H,12H2,1-5H3. The molecule has 2 heterocycles. The number of ether oxygens (including phenoxy) is 3. The van der Waals surface area contributed by atoms with Gasteiger partial charge in [0.1, 0.15) is 23.8 Å². The van der Waals surface area contributed by atoms with Crippen molar-refractivity contribution in [3.8, 4) is 28.6 Å². The quantitative estimate of drug-likeness (QED) is 0.409. The van der Waals surface area contributed by atoms with Gasteiger partial charge in [0, 0.05) is 7.05 Å². The summed E-state index contributed by atoms with van der Waals surface area (Å²) in [7, 11) is 4.70. The number of hydrogen-bond donors (Lipinski definition) is 0. The van der Waals surface area contributed by atoms with E-state index in [4.69, 9.17) is 25.8 Å². The maximum atomic E-state index is 12.4. The number of halogens is 1. The van der Waals surface area contributed by atoms with Gasteiger partial charge in [-0.05, 0) is 54.6 Å². The zero-order chi connectivity index (χ0) is 23.7. The van der Waals surface area contributed by atoms with Gasteiger partial charge < -0.3 is 14.2 Å². The summed E-state index contributed by atoms with van der Waals surface area (Å²) in [5, 5.41) is 12.6. The van der Waals surface area contributed by atoms with E-state index in [1.807, 2.05) is 19.9 Å². The van der Waals surface area contributed by atoms with E-state index in [0.29, 0.717) is 27.8 Å². The maximum absolute atomic E-state index is 12.4. The van der Waals surface area contributed by atoms with Gasteiger partial charge in [-0.15, -0.1) is 0 Å². The predicted molar refractivity (Wildman–Crippen MR) is 122 cm³/mol. The monoisotopic (exact) mass is 470 g/mol. The number of aryl methyl sites for hydroxylation is 2. The zero-order valence-corrected chi connectivity index (χ0v) is 19.6. The molecule has 0 bridgehead atoms. The molecule has 4 aromatic rings. The highest BCUT2D eigenvalue weighted by atomic mass is 35.5. The van der Waals surface area contributed by atoms with Gasteiger partial charge in [-0.1, -0.05) is 17.7 Å². The van der Waals surface area contributed by atoms with Crippen molar-refractivity contribution in [3.63, 3.8) is 0 Å². The molecule has 0 aliphatic carbocycles. The van der Waals surface area contributed by atoms with E-state index in [9.17, 15) is 4.79 Å². The Bertz CT molecular complexity index is 1370. The average molecular weight is 471 g/mol. The second-order valence-electron chi connectivity index (χ2n) is 7.27. The minimum Gasteiger partial charge on any atom is -0.496 e. The summed E-state index contributed by atoms with van der Waals surface area (Å²) < 4.78 is 21.0. The third-order valence-corrected chi connectivity index (χ3v) is 5.53. The van der Waals surface area contributed by atoms with E-state index in [-0.39, 0.29) is 12.3 Å². The van der Waals surface area contributed by atoms with Crippen molar-refractivity contribution in [2.24, 2.45) is 7.05 Å². The van der Waals surface area contributed by atoms with Crippen LogP contribution in [-0.2, 0) is 13.7 Å². The van der Waals surface area contributed by atoms with Gasteiger partial charge in [-0.2, -0.15) is 14.5 Å². The van der Waals surface area contributed by atoms with Crippen LogP contribution in [0, 0.1) is 13.8 Å². The molecule has 0 saturated carbocycles. The van der Waals surface area contributed by atoms with Gasteiger partial charge in [-0.25, -0.2) is 9.48 Å². The fourth-order valence-electron chi connectivity index (χ4n) is 3.62. The van der Waals surface area contributed by atoms with E-state index in [0.717, 1.165) is 27.5 Å². The first-order valence-electron chi connectivity index (χ1n) is 10.0. The van der Waals surface area contributed by atoms with Crippen molar-refractivity contribution < 1.29 is 14.2 Å². The molecule has 10 nitrogen and oxygen atoms in total. The SMILES string of the molecule is COc1cccc(-n2nnn(C)c2=O)c1COc1ccc(-n2nc(C)c(OC)c2C)cc1Cl. The van der Waals surface area contributed by atoms with Crippen molar-refractivity contribution in [2.45, 2.75) is 20.5 Å². The maximum Gasteiger partial charge on any atom is 0.368 e. The number of rotatable bonds is 7. The smallest absolute Gasteiger partial charge is 0.368 e. The summed E-state index contributed by atoms with van der Waals surface area (Å²) >= 11 is 6.53. The highest BCUT2D eigenvalue weighted by molar-refractivity contribution is 6.32. The van der Waals surface area contributed by atoms with Gasteiger partial charge in [0.15, 0.2) is 5.75 Å². The highest BCUT2D eigenvalue weighted by Gasteiger charge is 2.18.